The molecular formula is C9H15NO2. The number of hydrogen-bond acceptors (Lipinski definition) is 2. The lowest BCUT2D eigenvalue weighted by Gasteiger charge is -2.47. The van der Waals surface area contributed by atoms with E-state index in [1.807, 2.05) is 20.8 Å². The first-order valence-electron chi connectivity index (χ1n) is 4.47. The third kappa shape index (κ3) is 1.13. The molecule has 0 aromatic heterocycles. The Bertz CT molecular complexity index is 217. The lowest BCUT2D eigenvalue weighted by atomic mass is 9.60. The molecular weight excluding hydrogens is 154 g/mol. The minimum Gasteiger partial charge on any atom is -0.296 e. The van der Waals surface area contributed by atoms with Gasteiger partial charge in [0.2, 0.25) is 11.8 Å². The van der Waals surface area contributed by atoms with E-state index in [-0.39, 0.29) is 23.1 Å². The first-order valence-corrected chi connectivity index (χ1v) is 4.47. The zero-order chi connectivity index (χ0) is 9.35. The van der Waals surface area contributed by atoms with Crippen molar-refractivity contribution in [2.24, 2.45) is 11.3 Å². The molecule has 2 saturated heterocycles. The van der Waals surface area contributed by atoms with Crippen LogP contribution in [-0.4, -0.2) is 11.8 Å². The summed E-state index contributed by atoms with van der Waals surface area (Å²) in [4.78, 5) is 21.9. The Morgan fingerprint density at radius 1 is 1.33 bits per heavy atom. The summed E-state index contributed by atoms with van der Waals surface area (Å²) in [5.41, 5.74) is -0.210. The lowest BCUT2D eigenvalue weighted by molar-refractivity contribution is -0.157. The van der Waals surface area contributed by atoms with Gasteiger partial charge in [-0.3, -0.25) is 14.9 Å². The molecule has 2 bridgehead atoms. The van der Waals surface area contributed by atoms with Crippen LogP contribution in [0.25, 0.3) is 0 Å². The van der Waals surface area contributed by atoms with E-state index < -0.39 is 0 Å². The standard InChI is InChI=1S/C7H9NO2.C2H6/c1-7-2-4(3-7)5(9)8-6(7)10;1-2/h4H,2-3H2,1H3,(H,8,9,10);1-2H3. The van der Waals surface area contributed by atoms with E-state index in [2.05, 4.69) is 5.32 Å². The van der Waals surface area contributed by atoms with Crippen LogP contribution in [0.2, 0.25) is 0 Å². The highest BCUT2D eigenvalue weighted by Gasteiger charge is 2.54. The van der Waals surface area contributed by atoms with Gasteiger partial charge in [0.25, 0.3) is 0 Å². The lowest BCUT2D eigenvalue weighted by Crippen LogP contribution is -2.60. The van der Waals surface area contributed by atoms with Crippen molar-refractivity contribution in [2.45, 2.75) is 33.6 Å². The Hall–Kier alpha value is -0.860. The predicted molar refractivity (Wildman–Crippen MR) is 45.3 cm³/mol. The molecule has 3 heteroatoms. The van der Waals surface area contributed by atoms with Gasteiger partial charge in [0, 0.05) is 11.3 Å². The number of carbonyl (C=O) groups is 2. The highest BCUT2D eigenvalue weighted by Crippen LogP contribution is 2.48. The number of amides is 2. The monoisotopic (exact) mass is 169 g/mol. The molecule has 1 N–H and O–H groups in total. The maximum atomic E-state index is 11.0. The number of carbonyl (C=O) groups excluding carboxylic acids is 2. The van der Waals surface area contributed by atoms with E-state index in [0.717, 1.165) is 12.8 Å². The Balaban J connectivity index is 0.000000336. The molecule has 0 radical (unpaired) electrons. The maximum absolute atomic E-state index is 11.0. The summed E-state index contributed by atoms with van der Waals surface area (Å²) in [7, 11) is 0. The first-order chi connectivity index (χ1) is 5.62. The molecule has 0 spiro atoms. The quantitative estimate of drug-likeness (QED) is 0.552. The van der Waals surface area contributed by atoms with Gasteiger partial charge in [0.05, 0.1) is 0 Å². The van der Waals surface area contributed by atoms with E-state index in [9.17, 15) is 9.59 Å². The zero-order valence-electron chi connectivity index (χ0n) is 7.81. The highest BCUT2D eigenvalue weighted by atomic mass is 16.2. The Morgan fingerprint density at radius 2 is 1.83 bits per heavy atom. The molecule has 0 aromatic rings. The molecule has 12 heavy (non-hydrogen) atoms. The molecule has 1 aliphatic carbocycles. The second kappa shape index (κ2) is 2.88. The van der Waals surface area contributed by atoms with Crippen molar-refractivity contribution in [1.29, 1.82) is 0 Å². The number of nitrogens with one attached hydrogen (secondary N) is 1. The molecule has 2 aliphatic heterocycles. The predicted octanol–water partition coefficient (Wildman–Crippen LogP) is 1.09. The van der Waals surface area contributed by atoms with Crippen LogP contribution >= 0.6 is 0 Å². The van der Waals surface area contributed by atoms with Crippen LogP contribution in [0.5, 0.6) is 0 Å². The van der Waals surface area contributed by atoms with Gasteiger partial charge in [0.15, 0.2) is 0 Å². The Morgan fingerprint density at radius 3 is 2.17 bits per heavy atom. The number of hydrogen-bond donors (Lipinski definition) is 1. The van der Waals surface area contributed by atoms with Crippen LogP contribution in [0.3, 0.4) is 0 Å². The van der Waals surface area contributed by atoms with Crippen LogP contribution < -0.4 is 5.32 Å². The van der Waals surface area contributed by atoms with Gasteiger partial charge in [-0.05, 0) is 12.8 Å². The summed E-state index contributed by atoms with van der Waals surface area (Å²) < 4.78 is 0. The molecule has 3 nitrogen and oxygen atoms in total. The molecule has 3 rings (SSSR count). The van der Waals surface area contributed by atoms with Crippen molar-refractivity contribution in [2.75, 3.05) is 0 Å². The van der Waals surface area contributed by atoms with Gasteiger partial charge in [-0.15, -0.1) is 0 Å². The number of rotatable bonds is 0. The van der Waals surface area contributed by atoms with Gasteiger partial charge in [-0.25, -0.2) is 0 Å². The second-order valence-corrected chi connectivity index (χ2v) is 3.48. The van der Waals surface area contributed by atoms with Crippen LogP contribution in [0.15, 0.2) is 0 Å². The zero-order valence-corrected chi connectivity index (χ0v) is 7.81. The topological polar surface area (TPSA) is 46.2 Å². The molecule has 0 unspecified atom stereocenters. The molecule has 1 saturated carbocycles. The normalized spacial score (nSPS) is 37.4. The van der Waals surface area contributed by atoms with Crippen LogP contribution in [0, 0.1) is 11.3 Å². The van der Waals surface area contributed by atoms with Crippen molar-refractivity contribution >= 4 is 11.8 Å². The van der Waals surface area contributed by atoms with E-state index >= 15 is 0 Å². The van der Waals surface area contributed by atoms with Gasteiger partial charge in [0.1, 0.15) is 0 Å². The maximum Gasteiger partial charge on any atom is 0.232 e. The van der Waals surface area contributed by atoms with Crippen molar-refractivity contribution < 1.29 is 9.59 Å². The van der Waals surface area contributed by atoms with Gasteiger partial charge in [-0.1, -0.05) is 20.8 Å². The molecule has 68 valence electrons. The molecule has 3 aliphatic rings. The molecule has 0 atom stereocenters. The van der Waals surface area contributed by atoms with E-state index in [4.69, 9.17) is 0 Å². The summed E-state index contributed by atoms with van der Waals surface area (Å²) in [6, 6.07) is 0. The van der Waals surface area contributed by atoms with E-state index in [1.165, 1.54) is 0 Å². The Kier molecular flexibility index (Phi) is 2.22. The number of imide groups is 1. The van der Waals surface area contributed by atoms with Gasteiger partial charge in [-0.2, -0.15) is 0 Å². The van der Waals surface area contributed by atoms with Gasteiger partial charge < -0.3 is 0 Å². The third-order valence-corrected chi connectivity index (χ3v) is 2.55. The number of fused-ring (bicyclic) bond motifs is 2. The van der Waals surface area contributed by atoms with Crippen molar-refractivity contribution in [3.05, 3.63) is 0 Å². The fourth-order valence-electron chi connectivity index (χ4n) is 1.76. The largest absolute Gasteiger partial charge is 0.296 e. The minimum atomic E-state index is -0.210. The smallest absolute Gasteiger partial charge is 0.232 e. The molecule has 3 fully saturated rings. The summed E-state index contributed by atoms with van der Waals surface area (Å²) in [6.45, 7) is 5.91. The average Bonchev–Trinajstić information content (AvgIpc) is 1.99. The molecule has 2 amide bonds. The van der Waals surface area contributed by atoms with Crippen LogP contribution in [0.1, 0.15) is 33.6 Å². The summed E-state index contributed by atoms with van der Waals surface area (Å²) >= 11 is 0. The summed E-state index contributed by atoms with van der Waals surface area (Å²) in [5.74, 6) is -0.0311. The molecule has 2 heterocycles. The first kappa shape index (κ1) is 9.23. The number of piperidine rings is 2. The minimum absolute atomic E-state index is 0.0753. The summed E-state index contributed by atoms with van der Waals surface area (Å²) in [5, 5.41) is 2.34. The SMILES string of the molecule is CC.CC12CC(C1)C(=O)NC2=O. The van der Waals surface area contributed by atoms with Crippen molar-refractivity contribution in [3.8, 4) is 0 Å². The van der Waals surface area contributed by atoms with E-state index in [1.54, 1.807) is 0 Å². The van der Waals surface area contributed by atoms with Gasteiger partial charge >= 0.3 is 0 Å². The van der Waals surface area contributed by atoms with Crippen molar-refractivity contribution in [3.63, 3.8) is 0 Å². The Labute approximate surface area is 72.5 Å². The third-order valence-electron chi connectivity index (χ3n) is 2.55. The van der Waals surface area contributed by atoms with Crippen LogP contribution in [0.4, 0.5) is 0 Å². The molecule has 0 aromatic carbocycles. The van der Waals surface area contributed by atoms with Crippen LogP contribution in [-0.2, 0) is 9.59 Å². The summed E-state index contributed by atoms with van der Waals surface area (Å²) in [6.07, 6.45) is 1.52. The highest BCUT2D eigenvalue weighted by molar-refractivity contribution is 6.04. The van der Waals surface area contributed by atoms with E-state index in [0.29, 0.717) is 0 Å². The average molecular weight is 169 g/mol. The second-order valence-electron chi connectivity index (χ2n) is 3.48. The van der Waals surface area contributed by atoms with Crippen molar-refractivity contribution in [1.82, 2.24) is 5.32 Å². The fraction of sp³-hybridized carbons (Fsp3) is 0.778. The fourth-order valence-corrected chi connectivity index (χ4v) is 1.76.